The van der Waals surface area contributed by atoms with Crippen molar-refractivity contribution in [2.45, 2.75) is 91.5 Å². The Morgan fingerprint density at radius 1 is 1.12 bits per heavy atom. The van der Waals surface area contributed by atoms with Gasteiger partial charge in [0.1, 0.15) is 5.82 Å². The molecule has 0 amide bonds. The molecule has 3 aromatic rings. The summed E-state index contributed by atoms with van der Waals surface area (Å²) in [5, 5.41) is 5.09. The summed E-state index contributed by atoms with van der Waals surface area (Å²) in [6.45, 7) is 8.82. The molecule has 0 spiro atoms. The van der Waals surface area contributed by atoms with Gasteiger partial charge < -0.3 is 4.52 Å². The van der Waals surface area contributed by atoms with Crippen LogP contribution in [0, 0.1) is 12.7 Å². The molecule has 6 nitrogen and oxygen atoms in total. The highest BCUT2D eigenvalue weighted by atomic mass is 19.1. The van der Waals surface area contributed by atoms with E-state index in [-0.39, 0.29) is 17.2 Å². The summed E-state index contributed by atoms with van der Waals surface area (Å²) in [4.78, 5) is 28.1. The minimum absolute atomic E-state index is 0.00509. The van der Waals surface area contributed by atoms with Gasteiger partial charge in [-0.1, -0.05) is 45.2 Å². The van der Waals surface area contributed by atoms with Crippen LogP contribution in [-0.2, 0) is 13.0 Å². The van der Waals surface area contributed by atoms with Gasteiger partial charge in [0.2, 0.25) is 0 Å². The SMILES string of the molecule is CCCC(CCC)c1noc2cc(F)ccc12.CCCc1c(C)nc2n(c1=O)CCCC2=O. The van der Waals surface area contributed by atoms with Gasteiger partial charge in [0, 0.05) is 41.6 Å². The molecule has 0 unspecified atom stereocenters. The molecule has 33 heavy (non-hydrogen) atoms. The highest BCUT2D eigenvalue weighted by molar-refractivity contribution is 5.93. The standard InChI is InChI=1S/C14H18FNO.C12H16N2O2/c1-3-5-10(6-4-2)14-12-8-7-11(15)9-13(12)17-16-14;1-3-5-9-8(2)13-11-10(15)6-4-7-14(11)12(9)16/h7-10H,3-6H2,1-2H3;3-7H2,1-2H3. The minimum Gasteiger partial charge on any atom is -0.356 e. The molecule has 0 atom stereocenters. The molecular weight excluding hydrogens is 421 g/mol. The van der Waals surface area contributed by atoms with E-state index in [4.69, 9.17) is 4.52 Å². The van der Waals surface area contributed by atoms with Crippen LogP contribution in [0.3, 0.4) is 0 Å². The third-order valence-corrected chi connectivity index (χ3v) is 6.13. The third kappa shape index (κ3) is 5.57. The molecular formula is C26H34FN3O3. The number of carbonyl (C=O) groups is 1. The number of fused-ring (bicyclic) bond motifs is 2. The van der Waals surface area contributed by atoms with Crippen molar-refractivity contribution in [3.63, 3.8) is 0 Å². The predicted octanol–water partition coefficient (Wildman–Crippen LogP) is 6.13. The largest absolute Gasteiger partial charge is 0.356 e. The molecule has 178 valence electrons. The first kappa shape index (κ1) is 24.8. The fourth-order valence-corrected chi connectivity index (χ4v) is 4.51. The Morgan fingerprint density at radius 2 is 1.85 bits per heavy atom. The number of nitrogens with zero attached hydrogens (tertiary/aromatic N) is 3. The number of halogens is 1. The van der Waals surface area contributed by atoms with E-state index in [2.05, 4.69) is 24.0 Å². The lowest BCUT2D eigenvalue weighted by atomic mass is 9.93. The lowest BCUT2D eigenvalue weighted by molar-refractivity contribution is 0.0945. The van der Waals surface area contributed by atoms with E-state index < -0.39 is 0 Å². The van der Waals surface area contributed by atoms with Crippen LogP contribution in [0.1, 0.15) is 99.2 Å². The molecule has 2 aromatic heterocycles. The van der Waals surface area contributed by atoms with E-state index in [9.17, 15) is 14.0 Å². The molecule has 0 saturated heterocycles. The number of ketones is 1. The number of rotatable bonds is 7. The molecule has 0 radical (unpaired) electrons. The van der Waals surface area contributed by atoms with Crippen LogP contribution < -0.4 is 5.56 Å². The monoisotopic (exact) mass is 455 g/mol. The van der Waals surface area contributed by atoms with E-state index in [0.717, 1.165) is 61.6 Å². The van der Waals surface area contributed by atoms with Crippen molar-refractivity contribution in [1.82, 2.24) is 14.7 Å². The van der Waals surface area contributed by atoms with Crippen molar-refractivity contribution in [1.29, 1.82) is 0 Å². The molecule has 0 fully saturated rings. The van der Waals surface area contributed by atoms with E-state index in [1.807, 2.05) is 13.8 Å². The fourth-order valence-electron chi connectivity index (χ4n) is 4.51. The number of aromatic nitrogens is 3. The highest BCUT2D eigenvalue weighted by Gasteiger charge is 2.22. The second-order valence-electron chi connectivity index (χ2n) is 8.72. The van der Waals surface area contributed by atoms with Crippen LogP contribution in [0.5, 0.6) is 0 Å². The zero-order valence-electron chi connectivity index (χ0n) is 20.1. The molecule has 1 aliphatic rings. The normalized spacial score (nSPS) is 13.2. The first-order valence-corrected chi connectivity index (χ1v) is 12.1. The first-order valence-electron chi connectivity index (χ1n) is 12.1. The Balaban J connectivity index is 0.000000186. The number of hydrogen-bond acceptors (Lipinski definition) is 5. The summed E-state index contributed by atoms with van der Waals surface area (Å²) in [5.41, 5.74) is 3.01. The van der Waals surface area contributed by atoms with Gasteiger partial charge in [-0.2, -0.15) is 0 Å². The van der Waals surface area contributed by atoms with Gasteiger partial charge in [-0.15, -0.1) is 0 Å². The van der Waals surface area contributed by atoms with Crippen LogP contribution in [-0.4, -0.2) is 20.5 Å². The molecule has 1 aliphatic heterocycles. The van der Waals surface area contributed by atoms with Gasteiger partial charge >= 0.3 is 0 Å². The summed E-state index contributed by atoms with van der Waals surface area (Å²) < 4.78 is 19.8. The van der Waals surface area contributed by atoms with Crippen molar-refractivity contribution >= 4 is 16.8 Å². The van der Waals surface area contributed by atoms with Gasteiger partial charge in [0.05, 0.1) is 5.69 Å². The van der Waals surface area contributed by atoms with E-state index in [1.54, 1.807) is 10.6 Å². The van der Waals surface area contributed by atoms with Gasteiger partial charge in [-0.05, 0) is 44.7 Å². The summed E-state index contributed by atoms with van der Waals surface area (Å²) in [7, 11) is 0. The van der Waals surface area contributed by atoms with Gasteiger partial charge in [-0.3, -0.25) is 14.2 Å². The van der Waals surface area contributed by atoms with E-state index in [0.29, 0.717) is 36.0 Å². The summed E-state index contributed by atoms with van der Waals surface area (Å²) in [5.74, 6) is 0.502. The molecule has 4 rings (SSSR count). The summed E-state index contributed by atoms with van der Waals surface area (Å²) in [6, 6.07) is 4.65. The van der Waals surface area contributed by atoms with Crippen molar-refractivity contribution in [2.75, 3.05) is 0 Å². The van der Waals surface area contributed by atoms with Crippen LogP contribution in [0.2, 0.25) is 0 Å². The van der Waals surface area contributed by atoms with Gasteiger partial charge in [0.25, 0.3) is 5.56 Å². The maximum absolute atomic E-state index is 13.1. The zero-order valence-corrected chi connectivity index (χ0v) is 20.1. The van der Waals surface area contributed by atoms with Crippen molar-refractivity contribution in [2.24, 2.45) is 0 Å². The number of carbonyl (C=O) groups excluding carboxylic acids is 1. The molecule has 0 N–H and O–H groups in total. The highest BCUT2D eigenvalue weighted by Crippen LogP contribution is 2.31. The predicted molar refractivity (Wildman–Crippen MR) is 127 cm³/mol. The Morgan fingerprint density at radius 3 is 2.52 bits per heavy atom. The Kier molecular flexibility index (Phi) is 8.53. The average Bonchev–Trinajstić information content (AvgIpc) is 3.20. The zero-order chi connectivity index (χ0) is 24.0. The van der Waals surface area contributed by atoms with Crippen molar-refractivity contribution in [3.8, 4) is 0 Å². The van der Waals surface area contributed by atoms with Crippen molar-refractivity contribution in [3.05, 3.63) is 57.1 Å². The van der Waals surface area contributed by atoms with Crippen LogP contribution in [0.25, 0.3) is 11.0 Å². The maximum atomic E-state index is 13.1. The van der Waals surface area contributed by atoms with E-state index >= 15 is 0 Å². The topological polar surface area (TPSA) is 78.0 Å². The molecule has 3 heterocycles. The molecule has 7 heteroatoms. The first-order chi connectivity index (χ1) is 15.9. The van der Waals surface area contributed by atoms with Crippen LogP contribution >= 0.6 is 0 Å². The molecule has 0 aliphatic carbocycles. The quantitative estimate of drug-likeness (QED) is 0.428. The molecule has 1 aromatic carbocycles. The Bertz CT molecular complexity index is 1160. The summed E-state index contributed by atoms with van der Waals surface area (Å²) >= 11 is 0. The maximum Gasteiger partial charge on any atom is 0.257 e. The second kappa shape index (κ2) is 11.3. The third-order valence-electron chi connectivity index (χ3n) is 6.13. The van der Waals surface area contributed by atoms with Crippen molar-refractivity contribution < 1.29 is 13.7 Å². The number of benzene rings is 1. The van der Waals surface area contributed by atoms with Gasteiger partial charge in [-0.25, -0.2) is 9.37 Å². The van der Waals surface area contributed by atoms with Gasteiger partial charge in [0.15, 0.2) is 17.2 Å². The van der Waals surface area contributed by atoms with E-state index in [1.165, 1.54) is 12.1 Å². The number of aryl methyl sites for hydroxylation is 1. The molecule has 0 saturated carbocycles. The lowest BCUT2D eigenvalue weighted by Gasteiger charge is -2.18. The van der Waals surface area contributed by atoms with Crippen LogP contribution in [0.4, 0.5) is 4.39 Å². The number of Topliss-reactive ketones (excluding diaryl/α,β-unsaturated/α-hetero) is 1. The smallest absolute Gasteiger partial charge is 0.257 e. The molecule has 0 bridgehead atoms. The second-order valence-corrected chi connectivity index (χ2v) is 8.72. The lowest BCUT2D eigenvalue weighted by Crippen LogP contribution is -2.34. The van der Waals surface area contributed by atoms with Crippen LogP contribution in [0.15, 0.2) is 27.5 Å². The fraction of sp³-hybridized carbons (Fsp3) is 0.538. The summed E-state index contributed by atoms with van der Waals surface area (Å²) in [6.07, 6.45) is 7.39. The number of hydrogen-bond donors (Lipinski definition) is 0. The minimum atomic E-state index is -0.275. The Hall–Kier alpha value is -2.83. The Labute approximate surface area is 194 Å². The average molecular weight is 456 g/mol.